The fraction of sp³-hybridized carbons (Fsp3) is 0.519. The molecule has 0 radical (unpaired) electrons. The molecule has 2 aromatic carbocycles. The molecule has 1 aliphatic carbocycles. The summed E-state index contributed by atoms with van der Waals surface area (Å²) in [6.07, 6.45) is -0.476. The van der Waals surface area contributed by atoms with E-state index in [0.717, 1.165) is 61.8 Å². The molecule has 12 heteroatoms. The number of benzene rings is 2. The normalized spacial score (nSPS) is 19.4. The van der Waals surface area contributed by atoms with E-state index in [2.05, 4.69) is 11.0 Å². The summed E-state index contributed by atoms with van der Waals surface area (Å²) >= 11 is 5.61. The molecule has 0 saturated carbocycles. The van der Waals surface area contributed by atoms with Gasteiger partial charge in [-0.05, 0) is 74.0 Å². The highest BCUT2D eigenvalue weighted by Crippen LogP contribution is 2.36. The van der Waals surface area contributed by atoms with Gasteiger partial charge in [-0.1, -0.05) is 42.3 Å². The maximum atomic E-state index is 14.3. The molecule has 0 aromatic heterocycles. The molecule has 1 fully saturated rings. The molecule has 1 heterocycles. The van der Waals surface area contributed by atoms with Crippen LogP contribution < -0.4 is 4.72 Å². The minimum absolute atomic E-state index is 0.429. The largest absolute Gasteiger partial charge is 0.405 e. The van der Waals surface area contributed by atoms with E-state index in [4.69, 9.17) is 11.6 Å². The Morgan fingerprint density at radius 2 is 1.87 bits per heavy atom. The number of sulfonamides is 1. The molecule has 2 aromatic rings. The molecule has 4 rings (SSSR count). The van der Waals surface area contributed by atoms with Gasteiger partial charge in [0.05, 0.1) is 17.5 Å². The number of carbonyl (C=O) groups is 1. The van der Waals surface area contributed by atoms with Crippen LogP contribution in [0, 0.1) is 5.82 Å². The van der Waals surface area contributed by atoms with Crippen LogP contribution in [-0.2, 0) is 27.8 Å². The number of carbonyl (C=O) groups excluding carboxylic acids is 1. The minimum Gasteiger partial charge on any atom is -0.339 e. The molecular formula is C27H32ClF4N3O3S. The van der Waals surface area contributed by atoms with Gasteiger partial charge in [-0.3, -0.25) is 9.69 Å². The third kappa shape index (κ3) is 7.11. The predicted molar refractivity (Wildman–Crippen MR) is 140 cm³/mol. The molecule has 1 amide bonds. The summed E-state index contributed by atoms with van der Waals surface area (Å²) in [5.41, 5.74) is 3.14. The zero-order valence-corrected chi connectivity index (χ0v) is 23.2. The zero-order valence-electron chi connectivity index (χ0n) is 21.6. The molecule has 1 aliphatic heterocycles. The molecule has 6 nitrogen and oxygen atoms in total. The van der Waals surface area contributed by atoms with E-state index in [1.165, 1.54) is 41.5 Å². The maximum Gasteiger partial charge on any atom is 0.405 e. The Labute approximate surface area is 231 Å². The monoisotopic (exact) mass is 589 g/mol. The van der Waals surface area contributed by atoms with Crippen molar-refractivity contribution < 1.29 is 30.8 Å². The summed E-state index contributed by atoms with van der Waals surface area (Å²) in [7, 11) is -3.53. The standard InChI is InChI=1S/C27H32ClF4N3O3S/c1-34(22-9-5-7-19-15-18(11-12-20(19)22)17-35-13-3-2-4-14-35)25(36)16-24(27(30,31)32)33-39(37,38)23-10-6-8-21(28)26(23)29/h6,8,10-12,15,22,24,33H,2-5,7,9,13-14,16-17H2,1H3/t22-,24-/m1/s1. The topological polar surface area (TPSA) is 69.7 Å². The Kier molecular flexibility index (Phi) is 9.25. The molecule has 1 N–H and O–H groups in total. The van der Waals surface area contributed by atoms with Crippen molar-refractivity contribution >= 4 is 27.5 Å². The van der Waals surface area contributed by atoms with E-state index in [-0.39, 0.29) is 0 Å². The first-order valence-electron chi connectivity index (χ1n) is 13.0. The third-order valence-electron chi connectivity index (χ3n) is 7.48. The van der Waals surface area contributed by atoms with Crippen LogP contribution in [-0.4, -0.2) is 56.5 Å². The second kappa shape index (κ2) is 12.1. The number of fused-ring (bicyclic) bond motifs is 1. The first kappa shape index (κ1) is 29.8. The molecule has 2 atom stereocenters. The summed E-state index contributed by atoms with van der Waals surface area (Å²) in [6.45, 7) is 2.96. The van der Waals surface area contributed by atoms with Gasteiger partial charge >= 0.3 is 6.18 Å². The van der Waals surface area contributed by atoms with Gasteiger partial charge < -0.3 is 4.90 Å². The Morgan fingerprint density at radius 1 is 1.15 bits per heavy atom. The van der Waals surface area contributed by atoms with E-state index < -0.39 is 56.3 Å². The van der Waals surface area contributed by atoms with Gasteiger partial charge in [0.25, 0.3) is 0 Å². The van der Waals surface area contributed by atoms with Crippen LogP contribution >= 0.6 is 11.6 Å². The molecule has 214 valence electrons. The SMILES string of the molecule is CN(C(=O)C[C@@H](NS(=O)(=O)c1cccc(Cl)c1F)C(F)(F)F)[C@@H]1CCCc2cc(CN3CCCCC3)ccc21. The molecule has 1 saturated heterocycles. The lowest BCUT2D eigenvalue weighted by atomic mass is 9.85. The van der Waals surface area contributed by atoms with E-state index in [1.54, 1.807) is 0 Å². The average Bonchev–Trinajstić information content (AvgIpc) is 2.88. The predicted octanol–water partition coefficient (Wildman–Crippen LogP) is 5.60. The Morgan fingerprint density at radius 3 is 2.56 bits per heavy atom. The van der Waals surface area contributed by atoms with E-state index in [9.17, 15) is 30.8 Å². The van der Waals surface area contributed by atoms with Crippen molar-refractivity contribution in [1.29, 1.82) is 0 Å². The number of aryl methyl sites for hydroxylation is 1. The second-order valence-corrected chi connectivity index (χ2v) is 12.3. The van der Waals surface area contributed by atoms with Crippen LogP contribution in [0.4, 0.5) is 17.6 Å². The zero-order chi connectivity index (χ0) is 28.4. The number of alkyl halides is 3. The van der Waals surface area contributed by atoms with E-state index in [0.29, 0.717) is 6.42 Å². The summed E-state index contributed by atoms with van der Waals surface area (Å²) in [4.78, 5) is 15.7. The third-order valence-corrected chi connectivity index (χ3v) is 9.26. The summed E-state index contributed by atoms with van der Waals surface area (Å²) < 4.78 is 82.6. The fourth-order valence-corrected chi connectivity index (χ4v) is 6.93. The lowest BCUT2D eigenvalue weighted by Gasteiger charge is -2.35. The van der Waals surface area contributed by atoms with Crippen LogP contribution in [0.2, 0.25) is 5.02 Å². The van der Waals surface area contributed by atoms with Gasteiger partial charge in [0.2, 0.25) is 15.9 Å². The molecular weight excluding hydrogens is 558 g/mol. The Hall–Kier alpha value is -2.21. The van der Waals surface area contributed by atoms with Crippen LogP contribution in [0.1, 0.15) is 61.3 Å². The van der Waals surface area contributed by atoms with Crippen molar-refractivity contribution in [3.8, 4) is 0 Å². The van der Waals surface area contributed by atoms with Gasteiger partial charge in [0, 0.05) is 13.6 Å². The average molecular weight is 590 g/mol. The van der Waals surface area contributed by atoms with Crippen molar-refractivity contribution in [2.75, 3.05) is 20.1 Å². The smallest absolute Gasteiger partial charge is 0.339 e. The van der Waals surface area contributed by atoms with Gasteiger partial charge in [-0.2, -0.15) is 17.9 Å². The second-order valence-electron chi connectivity index (χ2n) is 10.3. The van der Waals surface area contributed by atoms with Gasteiger partial charge in [0.15, 0.2) is 5.82 Å². The number of halogens is 5. The summed E-state index contributed by atoms with van der Waals surface area (Å²) in [5.74, 6) is -2.24. The fourth-order valence-electron chi connectivity index (χ4n) is 5.38. The van der Waals surface area contributed by atoms with Crippen molar-refractivity contribution in [2.45, 2.75) is 74.6 Å². The summed E-state index contributed by atoms with van der Waals surface area (Å²) in [6, 6.07) is 5.91. The van der Waals surface area contributed by atoms with Crippen LogP contribution in [0.25, 0.3) is 0 Å². The number of amides is 1. The number of hydrogen-bond acceptors (Lipinski definition) is 4. The van der Waals surface area contributed by atoms with Crippen LogP contribution in [0.3, 0.4) is 0 Å². The van der Waals surface area contributed by atoms with Gasteiger partial charge in [-0.25, -0.2) is 12.8 Å². The first-order valence-corrected chi connectivity index (χ1v) is 14.9. The molecule has 39 heavy (non-hydrogen) atoms. The molecule has 0 bridgehead atoms. The number of piperidine rings is 1. The first-order chi connectivity index (χ1) is 18.4. The van der Waals surface area contributed by atoms with Crippen molar-refractivity contribution in [2.24, 2.45) is 0 Å². The molecule has 0 unspecified atom stereocenters. The number of likely N-dealkylation sites (tertiary alicyclic amines) is 1. The van der Waals surface area contributed by atoms with Crippen LogP contribution in [0.15, 0.2) is 41.3 Å². The number of hydrogen-bond donors (Lipinski definition) is 1. The van der Waals surface area contributed by atoms with Crippen LogP contribution in [0.5, 0.6) is 0 Å². The quantitative estimate of drug-likeness (QED) is 0.407. The van der Waals surface area contributed by atoms with E-state index in [1.807, 2.05) is 12.1 Å². The Balaban J connectivity index is 1.49. The molecule has 0 spiro atoms. The number of nitrogens with one attached hydrogen (secondary N) is 1. The summed E-state index contributed by atoms with van der Waals surface area (Å²) in [5, 5.41) is -0.549. The maximum absolute atomic E-state index is 14.3. The highest BCUT2D eigenvalue weighted by atomic mass is 35.5. The lowest BCUT2D eigenvalue weighted by Crippen LogP contribution is -2.48. The van der Waals surface area contributed by atoms with Gasteiger partial charge in [0.1, 0.15) is 10.9 Å². The lowest BCUT2D eigenvalue weighted by molar-refractivity contribution is -0.161. The van der Waals surface area contributed by atoms with Gasteiger partial charge in [-0.15, -0.1) is 0 Å². The molecule has 2 aliphatic rings. The Bertz CT molecular complexity index is 1300. The number of rotatable bonds is 8. The van der Waals surface area contributed by atoms with Crippen molar-refractivity contribution in [3.63, 3.8) is 0 Å². The van der Waals surface area contributed by atoms with E-state index >= 15 is 0 Å². The number of nitrogens with zero attached hydrogens (tertiary/aromatic N) is 2. The highest BCUT2D eigenvalue weighted by molar-refractivity contribution is 7.89. The minimum atomic E-state index is -5.09. The highest BCUT2D eigenvalue weighted by Gasteiger charge is 2.45. The van der Waals surface area contributed by atoms with Crippen molar-refractivity contribution in [1.82, 2.24) is 14.5 Å². The van der Waals surface area contributed by atoms with Crippen molar-refractivity contribution in [3.05, 3.63) is 63.9 Å².